The Morgan fingerprint density at radius 1 is 0.861 bits per heavy atom. The molecule has 6 heteroatoms. The number of nitrogens with one attached hydrogen (secondary N) is 1. The third-order valence-electron chi connectivity index (χ3n) is 8.13. The van der Waals surface area contributed by atoms with Gasteiger partial charge in [-0.3, -0.25) is 9.21 Å². The summed E-state index contributed by atoms with van der Waals surface area (Å²) in [5, 5.41) is 3.84. The largest absolute Gasteiger partial charge is 0.313 e. The van der Waals surface area contributed by atoms with E-state index in [4.69, 9.17) is 0 Å². The molecule has 2 unspecified atom stereocenters. The van der Waals surface area contributed by atoms with Crippen LogP contribution in [0, 0.1) is 5.92 Å². The number of sulfonamides is 1. The molecule has 0 amide bonds. The molecule has 3 aromatic carbocycles. The molecule has 2 fully saturated rings. The zero-order chi connectivity index (χ0) is 24.5. The number of hydrogen-bond acceptors (Lipinski definition) is 4. The third kappa shape index (κ3) is 4.95. The lowest BCUT2D eigenvalue weighted by Crippen LogP contribution is -2.37. The highest BCUT2D eigenvalue weighted by molar-refractivity contribution is 7.92. The molecular formula is C30H35N3O2S. The van der Waals surface area contributed by atoms with Crippen LogP contribution in [0.2, 0.25) is 0 Å². The van der Waals surface area contributed by atoms with Crippen LogP contribution in [-0.2, 0) is 23.0 Å². The Morgan fingerprint density at radius 2 is 1.58 bits per heavy atom. The predicted octanol–water partition coefficient (Wildman–Crippen LogP) is 4.80. The first-order chi connectivity index (χ1) is 17.6. The van der Waals surface area contributed by atoms with Crippen LogP contribution in [0.5, 0.6) is 0 Å². The molecule has 1 saturated carbocycles. The Kier molecular flexibility index (Phi) is 6.59. The van der Waals surface area contributed by atoms with Crippen molar-refractivity contribution in [1.29, 1.82) is 0 Å². The van der Waals surface area contributed by atoms with E-state index in [1.807, 2.05) is 12.1 Å². The first kappa shape index (κ1) is 23.7. The summed E-state index contributed by atoms with van der Waals surface area (Å²) in [4.78, 5) is 2.94. The Bertz CT molecular complexity index is 1290. The Morgan fingerprint density at radius 3 is 2.33 bits per heavy atom. The molecule has 3 aromatic rings. The first-order valence-electron chi connectivity index (χ1n) is 13.3. The Balaban J connectivity index is 1.00. The number of likely N-dealkylation sites (tertiary alicyclic amines) is 1. The number of piperidine rings is 1. The number of anilines is 1. The van der Waals surface area contributed by atoms with Gasteiger partial charge < -0.3 is 5.32 Å². The van der Waals surface area contributed by atoms with Crippen LogP contribution in [0.25, 0.3) is 0 Å². The smallest absolute Gasteiger partial charge is 0.264 e. The molecule has 0 aromatic heterocycles. The molecule has 1 saturated heterocycles. The van der Waals surface area contributed by atoms with E-state index >= 15 is 0 Å². The summed E-state index contributed by atoms with van der Waals surface area (Å²) in [5.74, 6) is 1.31. The molecule has 188 valence electrons. The average Bonchev–Trinajstić information content (AvgIpc) is 3.57. The molecule has 2 atom stereocenters. The lowest BCUT2D eigenvalue weighted by molar-refractivity contribution is 0.175. The van der Waals surface area contributed by atoms with Crippen molar-refractivity contribution in [3.8, 4) is 0 Å². The number of benzene rings is 3. The topological polar surface area (TPSA) is 52.7 Å². The molecule has 1 aliphatic carbocycles. The minimum atomic E-state index is -3.51. The maximum Gasteiger partial charge on any atom is 0.264 e. The van der Waals surface area contributed by atoms with E-state index in [-0.39, 0.29) is 0 Å². The number of rotatable bonds is 8. The van der Waals surface area contributed by atoms with Crippen LogP contribution in [0.15, 0.2) is 83.8 Å². The van der Waals surface area contributed by atoms with E-state index in [0.29, 0.717) is 23.4 Å². The quantitative estimate of drug-likeness (QED) is 0.482. The molecule has 0 spiro atoms. The van der Waals surface area contributed by atoms with Gasteiger partial charge in [0, 0.05) is 25.0 Å². The number of fused-ring (bicyclic) bond motifs is 1. The first-order valence-corrected chi connectivity index (χ1v) is 14.7. The lowest BCUT2D eigenvalue weighted by atomic mass is 9.96. The van der Waals surface area contributed by atoms with Gasteiger partial charge in [0.05, 0.1) is 10.6 Å². The fraction of sp³-hybridized carbons (Fsp3) is 0.400. The van der Waals surface area contributed by atoms with Gasteiger partial charge in [0.2, 0.25) is 0 Å². The Hall–Kier alpha value is -2.67. The summed E-state index contributed by atoms with van der Waals surface area (Å²) >= 11 is 0. The molecule has 0 bridgehead atoms. The maximum absolute atomic E-state index is 13.1. The fourth-order valence-corrected chi connectivity index (χ4v) is 7.41. The highest BCUT2D eigenvalue weighted by atomic mass is 32.2. The van der Waals surface area contributed by atoms with Crippen molar-refractivity contribution in [2.24, 2.45) is 5.92 Å². The van der Waals surface area contributed by atoms with Crippen molar-refractivity contribution >= 4 is 15.7 Å². The molecule has 5 nitrogen and oxygen atoms in total. The predicted molar refractivity (Wildman–Crippen MR) is 145 cm³/mol. The SMILES string of the molecule is O=S(=O)(c1ccccc1)N1CCc2cc(C3CC3NCC3CCN(Cc4ccccc4)CC3)ccc21. The van der Waals surface area contributed by atoms with E-state index in [0.717, 1.165) is 36.7 Å². The minimum absolute atomic E-state index is 0.360. The van der Waals surface area contributed by atoms with Crippen LogP contribution in [0.3, 0.4) is 0 Å². The second kappa shape index (κ2) is 10.0. The van der Waals surface area contributed by atoms with E-state index in [1.54, 1.807) is 28.6 Å². The fourth-order valence-electron chi connectivity index (χ4n) is 5.89. The molecule has 3 aliphatic rings. The van der Waals surface area contributed by atoms with Crippen LogP contribution >= 0.6 is 0 Å². The molecule has 0 radical (unpaired) electrons. The second-order valence-electron chi connectivity index (χ2n) is 10.6. The summed E-state index contributed by atoms with van der Waals surface area (Å²) < 4.78 is 27.9. The summed E-state index contributed by atoms with van der Waals surface area (Å²) in [6, 6.07) is 26.5. The monoisotopic (exact) mass is 501 g/mol. The van der Waals surface area contributed by atoms with Crippen molar-refractivity contribution in [2.45, 2.75) is 49.1 Å². The number of nitrogens with zero attached hydrogens (tertiary/aromatic N) is 2. The van der Waals surface area contributed by atoms with E-state index in [1.165, 1.54) is 43.5 Å². The minimum Gasteiger partial charge on any atom is -0.313 e. The van der Waals surface area contributed by atoms with Crippen molar-refractivity contribution in [3.05, 3.63) is 95.6 Å². The number of hydrogen-bond donors (Lipinski definition) is 1. The van der Waals surface area contributed by atoms with Crippen molar-refractivity contribution < 1.29 is 8.42 Å². The second-order valence-corrected chi connectivity index (χ2v) is 12.5. The van der Waals surface area contributed by atoms with E-state index in [9.17, 15) is 8.42 Å². The van der Waals surface area contributed by atoms with Gasteiger partial charge in [-0.2, -0.15) is 0 Å². The molecule has 2 heterocycles. The zero-order valence-corrected chi connectivity index (χ0v) is 21.5. The van der Waals surface area contributed by atoms with Crippen molar-refractivity contribution in [2.75, 3.05) is 30.5 Å². The van der Waals surface area contributed by atoms with Gasteiger partial charge in [0.25, 0.3) is 10.0 Å². The van der Waals surface area contributed by atoms with Crippen LogP contribution in [0.1, 0.15) is 41.9 Å². The van der Waals surface area contributed by atoms with Crippen molar-refractivity contribution in [3.63, 3.8) is 0 Å². The van der Waals surface area contributed by atoms with Gasteiger partial charge >= 0.3 is 0 Å². The molecule has 6 rings (SSSR count). The summed E-state index contributed by atoms with van der Waals surface area (Å²) in [6.07, 6.45) is 4.49. The molecule has 2 aliphatic heterocycles. The lowest BCUT2D eigenvalue weighted by Gasteiger charge is -2.32. The third-order valence-corrected chi connectivity index (χ3v) is 9.96. The summed E-state index contributed by atoms with van der Waals surface area (Å²) in [7, 11) is -3.51. The highest BCUT2D eigenvalue weighted by Gasteiger charge is 2.39. The van der Waals surface area contributed by atoms with Crippen molar-refractivity contribution in [1.82, 2.24) is 10.2 Å². The Labute approximate surface area is 215 Å². The van der Waals surface area contributed by atoms with Gasteiger partial charge in [0.1, 0.15) is 0 Å². The summed E-state index contributed by atoms with van der Waals surface area (Å²) in [6.45, 7) is 5.05. The maximum atomic E-state index is 13.1. The molecule has 1 N–H and O–H groups in total. The molecular weight excluding hydrogens is 466 g/mol. The van der Waals surface area contributed by atoms with Crippen LogP contribution in [0.4, 0.5) is 5.69 Å². The van der Waals surface area contributed by atoms with Gasteiger partial charge in [-0.05, 0) is 86.1 Å². The highest BCUT2D eigenvalue weighted by Crippen LogP contribution is 2.44. The van der Waals surface area contributed by atoms with E-state index in [2.05, 4.69) is 52.7 Å². The zero-order valence-electron chi connectivity index (χ0n) is 20.7. The van der Waals surface area contributed by atoms with Gasteiger partial charge in [-0.25, -0.2) is 8.42 Å². The standard InChI is InChI=1S/C30H35N3O2S/c34-36(35,27-9-5-2-6-10-27)33-18-15-26-19-25(11-12-30(26)33)28-20-29(28)31-21-23-13-16-32(17-14-23)22-24-7-3-1-4-8-24/h1-12,19,23,28-29,31H,13-18,20-22H2. The van der Waals surface area contributed by atoms with E-state index < -0.39 is 10.0 Å². The molecule has 36 heavy (non-hydrogen) atoms. The van der Waals surface area contributed by atoms with Gasteiger partial charge in [0.15, 0.2) is 0 Å². The normalized spacial score (nSPS) is 22.5. The van der Waals surface area contributed by atoms with Gasteiger partial charge in [-0.1, -0.05) is 60.7 Å². The van der Waals surface area contributed by atoms with Gasteiger partial charge in [-0.15, -0.1) is 0 Å². The summed E-state index contributed by atoms with van der Waals surface area (Å²) in [5.41, 5.74) is 4.76. The van der Waals surface area contributed by atoms with Crippen LogP contribution in [-0.4, -0.2) is 45.5 Å². The van der Waals surface area contributed by atoms with Crippen LogP contribution < -0.4 is 9.62 Å². The average molecular weight is 502 g/mol.